The summed E-state index contributed by atoms with van der Waals surface area (Å²) >= 11 is 28.2. The van der Waals surface area contributed by atoms with Crippen molar-refractivity contribution in [1.29, 1.82) is 0 Å². The summed E-state index contributed by atoms with van der Waals surface area (Å²) in [5.74, 6) is 1.23. The highest BCUT2D eigenvalue weighted by Gasteiger charge is 2.14. The molecule has 2 rings (SSSR count). The van der Waals surface area contributed by atoms with Crippen LogP contribution >= 0.6 is 91.6 Å². The lowest BCUT2D eigenvalue weighted by atomic mass is 10.3. The molecule has 0 N–H and O–H groups in total. The molecule has 0 heterocycles. The number of benzene rings is 2. The van der Waals surface area contributed by atoms with Crippen molar-refractivity contribution in [2.24, 2.45) is 0 Å². The summed E-state index contributed by atoms with van der Waals surface area (Å²) < 4.78 is 7.30. The van der Waals surface area contributed by atoms with Gasteiger partial charge in [0, 0.05) is 0 Å². The Bertz CT molecular complexity index is 591. The van der Waals surface area contributed by atoms with Crippen LogP contribution in [-0.4, -0.2) is 0 Å². The van der Waals surface area contributed by atoms with Crippen LogP contribution in [0.15, 0.2) is 24.3 Å². The van der Waals surface area contributed by atoms with Gasteiger partial charge >= 0.3 is 0 Å². The van der Waals surface area contributed by atoms with E-state index in [0.29, 0.717) is 31.6 Å². The average molecular weight is 560 g/mol. The summed E-state index contributed by atoms with van der Waals surface area (Å²) in [6.07, 6.45) is 0. The van der Waals surface area contributed by atoms with E-state index in [1.807, 2.05) is 0 Å². The first-order chi connectivity index (χ1) is 8.91. The van der Waals surface area contributed by atoms with Crippen LogP contribution in [0, 0.1) is 7.14 Å². The van der Waals surface area contributed by atoms with Crippen LogP contribution in [0.1, 0.15) is 0 Å². The second kappa shape index (κ2) is 6.75. The summed E-state index contributed by atoms with van der Waals surface area (Å²) in [7, 11) is 0. The van der Waals surface area contributed by atoms with Crippen LogP contribution in [-0.2, 0) is 0 Å². The molecule has 19 heavy (non-hydrogen) atoms. The molecule has 0 amide bonds. The first kappa shape index (κ1) is 16.2. The first-order valence-corrected chi connectivity index (χ1v) is 8.53. The van der Waals surface area contributed by atoms with Gasteiger partial charge in [0.1, 0.15) is 11.5 Å². The van der Waals surface area contributed by atoms with Crippen molar-refractivity contribution in [2.75, 3.05) is 0 Å². The normalized spacial score (nSPS) is 10.6. The van der Waals surface area contributed by atoms with Crippen LogP contribution in [0.4, 0.5) is 0 Å². The predicted molar refractivity (Wildman–Crippen MR) is 98.4 cm³/mol. The standard InChI is InChI=1S/C12H4Cl4I2O/c13-5-1-3-7(11(17)9(5)15)19-8-4-2-6(14)10(16)12(8)18/h1-4H. The molecule has 2 aromatic carbocycles. The molecule has 0 spiro atoms. The molecule has 7 heteroatoms. The smallest absolute Gasteiger partial charge is 0.142 e. The van der Waals surface area contributed by atoms with Gasteiger partial charge in [0.05, 0.1) is 27.2 Å². The van der Waals surface area contributed by atoms with Crippen molar-refractivity contribution < 1.29 is 4.74 Å². The highest BCUT2D eigenvalue weighted by atomic mass is 127. The molecule has 0 aliphatic rings. The summed E-state index contributed by atoms with van der Waals surface area (Å²) in [4.78, 5) is 0. The maximum Gasteiger partial charge on any atom is 0.142 e. The third kappa shape index (κ3) is 3.55. The monoisotopic (exact) mass is 558 g/mol. The van der Waals surface area contributed by atoms with Crippen molar-refractivity contribution in [3.8, 4) is 11.5 Å². The number of rotatable bonds is 2. The molecular formula is C12H4Cl4I2O. The molecule has 0 aliphatic carbocycles. The Morgan fingerprint density at radius 1 is 0.684 bits per heavy atom. The van der Waals surface area contributed by atoms with E-state index in [1.165, 1.54) is 0 Å². The van der Waals surface area contributed by atoms with Gasteiger partial charge in [-0.25, -0.2) is 0 Å². The molecule has 0 aromatic heterocycles. The Morgan fingerprint density at radius 2 is 1.05 bits per heavy atom. The van der Waals surface area contributed by atoms with E-state index in [2.05, 4.69) is 45.2 Å². The highest BCUT2D eigenvalue weighted by Crippen LogP contribution is 2.40. The molecule has 2 aromatic rings. The van der Waals surface area contributed by atoms with E-state index >= 15 is 0 Å². The maximum absolute atomic E-state index is 6.08. The van der Waals surface area contributed by atoms with Gasteiger partial charge in [0.25, 0.3) is 0 Å². The number of hydrogen-bond acceptors (Lipinski definition) is 1. The quantitative estimate of drug-likeness (QED) is 0.277. The molecule has 1 nitrogen and oxygen atoms in total. The zero-order valence-corrected chi connectivity index (χ0v) is 16.3. The molecule has 0 fully saturated rings. The summed E-state index contributed by atoms with van der Waals surface area (Å²) in [5, 5.41) is 1.91. The fourth-order valence-corrected chi connectivity index (χ4v) is 3.40. The lowest BCUT2D eigenvalue weighted by molar-refractivity contribution is 0.476. The second-order valence-corrected chi connectivity index (χ2v) is 7.18. The topological polar surface area (TPSA) is 9.23 Å². The molecule has 0 saturated heterocycles. The van der Waals surface area contributed by atoms with E-state index in [0.717, 1.165) is 7.14 Å². The minimum Gasteiger partial charge on any atom is -0.455 e. The third-order valence-corrected chi connectivity index (χ3v) is 6.61. The van der Waals surface area contributed by atoms with Crippen molar-refractivity contribution in [2.45, 2.75) is 0 Å². The number of hydrogen-bond donors (Lipinski definition) is 0. The minimum absolute atomic E-state index is 0.467. The highest BCUT2D eigenvalue weighted by molar-refractivity contribution is 14.1. The number of ether oxygens (including phenoxy) is 1. The van der Waals surface area contributed by atoms with Gasteiger partial charge in [-0.05, 0) is 69.4 Å². The summed E-state index contributed by atoms with van der Waals surface area (Å²) in [6.45, 7) is 0. The summed E-state index contributed by atoms with van der Waals surface area (Å²) in [5.41, 5.74) is 0. The van der Waals surface area contributed by atoms with Crippen molar-refractivity contribution in [3.05, 3.63) is 51.5 Å². The van der Waals surface area contributed by atoms with E-state index in [4.69, 9.17) is 51.1 Å². The van der Waals surface area contributed by atoms with Crippen LogP contribution < -0.4 is 4.74 Å². The Morgan fingerprint density at radius 3 is 1.42 bits per heavy atom. The van der Waals surface area contributed by atoms with Gasteiger partial charge in [-0.1, -0.05) is 46.4 Å². The fraction of sp³-hybridized carbons (Fsp3) is 0. The lowest BCUT2D eigenvalue weighted by Gasteiger charge is -2.12. The van der Waals surface area contributed by atoms with E-state index in [-0.39, 0.29) is 0 Å². The minimum atomic E-state index is 0.467. The maximum atomic E-state index is 6.08. The molecule has 0 bridgehead atoms. The first-order valence-electron chi connectivity index (χ1n) is 4.86. The van der Waals surface area contributed by atoms with E-state index < -0.39 is 0 Å². The Balaban J connectivity index is 2.43. The van der Waals surface area contributed by atoms with Crippen LogP contribution in [0.2, 0.25) is 20.1 Å². The Hall–Kier alpha value is 0.860. The van der Waals surface area contributed by atoms with Gasteiger partial charge < -0.3 is 4.74 Å². The third-order valence-electron chi connectivity index (χ3n) is 2.22. The summed E-state index contributed by atoms with van der Waals surface area (Å²) in [6, 6.07) is 6.89. The zero-order chi connectivity index (χ0) is 14.2. The van der Waals surface area contributed by atoms with Gasteiger partial charge in [-0.3, -0.25) is 0 Å². The van der Waals surface area contributed by atoms with Crippen LogP contribution in [0.25, 0.3) is 0 Å². The Labute approximate surface area is 157 Å². The van der Waals surface area contributed by atoms with Crippen molar-refractivity contribution >= 4 is 91.6 Å². The molecule has 0 radical (unpaired) electrons. The zero-order valence-electron chi connectivity index (χ0n) is 8.99. The van der Waals surface area contributed by atoms with E-state index in [1.54, 1.807) is 24.3 Å². The van der Waals surface area contributed by atoms with Crippen LogP contribution in [0.3, 0.4) is 0 Å². The second-order valence-electron chi connectivity index (χ2n) is 3.45. The SMILES string of the molecule is Clc1ccc(Oc2ccc(Cl)c(Cl)c2I)c(I)c1Cl. The van der Waals surface area contributed by atoms with Gasteiger partial charge in [-0.15, -0.1) is 0 Å². The lowest BCUT2D eigenvalue weighted by Crippen LogP contribution is -1.92. The molecule has 0 atom stereocenters. The van der Waals surface area contributed by atoms with Crippen LogP contribution in [0.5, 0.6) is 11.5 Å². The van der Waals surface area contributed by atoms with E-state index in [9.17, 15) is 0 Å². The molecular weight excluding hydrogens is 556 g/mol. The number of halogens is 6. The van der Waals surface area contributed by atoms with Crippen molar-refractivity contribution in [1.82, 2.24) is 0 Å². The molecule has 0 unspecified atom stereocenters. The Kier molecular flexibility index (Phi) is 5.77. The average Bonchev–Trinajstić information content (AvgIpc) is 2.39. The largest absolute Gasteiger partial charge is 0.455 e. The van der Waals surface area contributed by atoms with Crippen molar-refractivity contribution in [3.63, 3.8) is 0 Å². The molecule has 100 valence electrons. The molecule has 0 saturated carbocycles. The van der Waals surface area contributed by atoms with Gasteiger partial charge in [0.15, 0.2) is 0 Å². The van der Waals surface area contributed by atoms with Gasteiger partial charge in [-0.2, -0.15) is 0 Å². The molecule has 0 aliphatic heterocycles. The fourth-order valence-electron chi connectivity index (χ4n) is 1.29. The van der Waals surface area contributed by atoms with Gasteiger partial charge in [0.2, 0.25) is 0 Å². The predicted octanol–water partition coefficient (Wildman–Crippen LogP) is 7.30.